The standard InChI is InChI=1S/C10H18O3/c1-10(9(12)13,8-4-5-8)6-2-3-7-11/h8,11H,2-7H2,1H3,(H,12,13). The van der Waals surface area contributed by atoms with E-state index in [-0.39, 0.29) is 6.61 Å². The zero-order chi connectivity index (χ0) is 9.90. The van der Waals surface area contributed by atoms with Crippen LogP contribution in [0.15, 0.2) is 0 Å². The quantitative estimate of drug-likeness (QED) is 0.620. The van der Waals surface area contributed by atoms with E-state index in [4.69, 9.17) is 10.2 Å². The third kappa shape index (κ3) is 2.44. The number of unbranched alkanes of at least 4 members (excludes halogenated alkanes) is 1. The fourth-order valence-electron chi connectivity index (χ4n) is 1.81. The van der Waals surface area contributed by atoms with Gasteiger partial charge in [-0.3, -0.25) is 4.79 Å². The third-order valence-corrected chi connectivity index (χ3v) is 3.07. The van der Waals surface area contributed by atoms with E-state index < -0.39 is 11.4 Å². The van der Waals surface area contributed by atoms with Crippen LogP contribution in [0.2, 0.25) is 0 Å². The maximum absolute atomic E-state index is 11.0. The molecule has 76 valence electrons. The summed E-state index contributed by atoms with van der Waals surface area (Å²) >= 11 is 0. The molecular formula is C10H18O3. The van der Waals surface area contributed by atoms with Crippen molar-refractivity contribution in [2.24, 2.45) is 11.3 Å². The van der Waals surface area contributed by atoms with E-state index in [1.54, 1.807) is 0 Å². The summed E-state index contributed by atoms with van der Waals surface area (Å²) in [5.41, 5.74) is -0.533. The first-order chi connectivity index (χ1) is 6.11. The van der Waals surface area contributed by atoms with E-state index in [0.29, 0.717) is 12.3 Å². The fraction of sp³-hybridized carbons (Fsp3) is 0.900. The predicted molar refractivity (Wildman–Crippen MR) is 49.4 cm³/mol. The van der Waals surface area contributed by atoms with Crippen LogP contribution in [0.3, 0.4) is 0 Å². The molecule has 1 aliphatic carbocycles. The largest absolute Gasteiger partial charge is 0.481 e. The summed E-state index contributed by atoms with van der Waals surface area (Å²) in [6.45, 7) is 2.00. The summed E-state index contributed by atoms with van der Waals surface area (Å²) in [6, 6.07) is 0. The molecule has 0 aromatic carbocycles. The highest BCUT2D eigenvalue weighted by Crippen LogP contribution is 2.48. The first-order valence-electron chi connectivity index (χ1n) is 4.95. The van der Waals surface area contributed by atoms with E-state index in [1.807, 2.05) is 6.92 Å². The van der Waals surface area contributed by atoms with Crippen LogP contribution in [0.25, 0.3) is 0 Å². The molecule has 13 heavy (non-hydrogen) atoms. The number of aliphatic hydroxyl groups excluding tert-OH is 1. The molecule has 0 spiro atoms. The van der Waals surface area contributed by atoms with Gasteiger partial charge in [-0.2, -0.15) is 0 Å². The minimum absolute atomic E-state index is 0.167. The Balaban J connectivity index is 2.42. The van der Waals surface area contributed by atoms with E-state index in [9.17, 15) is 4.79 Å². The second kappa shape index (κ2) is 4.09. The lowest BCUT2D eigenvalue weighted by Gasteiger charge is -2.24. The molecule has 1 fully saturated rings. The molecule has 1 atom stereocenters. The Morgan fingerprint density at radius 2 is 2.08 bits per heavy atom. The third-order valence-electron chi connectivity index (χ3n) is 3.07. The van der Waals surface area contributed by atoms with Crippen molar-refractivity contribution in [3.05, 3.63) is 0 Å². The molecule has 0 radical (unpaired) electrons. The minimum atomic E-state index is -0.673. The van der Waals surface area contributed by atoms with Crippen LogP contribution in [0, 0.1) is 11.3 Å². The van der Waals surface area contributed by atoms with Crippen molar-refractivity contribution < 1.29 is 15.0 Å². The number of hydrogen-bond donors (Lipinski definition) is 2. The molecule has 0 aliphatic heterocycles. The molecular weight excluding hydrogens is 168 g/mol. The van der Waals surface area contributed by atoms with Crippen LogP contribution in [-0.4, -0.2) is 22.8 Å². The number of carbonyl (C=O) groups is 1. The molecule has 3 nitrogen and oxygen atoms in total. The van der Waals surface area contributed by atoms with Gasteiger partial charge in [-0.25, -0.2) is 0 Å². The van der Waals surface area contributed by atoms with Crippen LogP contribution in [-0.2, 0) is 4.79 Å². The predicted octanol–water partition coefficient (Wildman–Crippen LogP) is 1.65. The summed E-state index contributed by atoms with van der Waals surface area (Å²) in [4.78, 5) is 11.0. The second-order valence-corrected chi connectivity index (χ2v) is 4.18. The highest BCUT2D eigenvalue weighted by atomic mass is 16.4. The van der Waals surface area contributed by atoms with Gasteiger partial charge in [-0.05, 0) is 38.5 Å². The molecule has 2 N–H and O–H groups in total. The number of aliphatic hydroxyl groups is 1. The lowest BCUT2D eigenvalue weighted by atomic mass is 9.80. The van der Waals surface area contributed by atoms with Crippen molar-refractivity contribution in [3.63, 3.8) is 0 Å². The average molecular weight is 186 g/mol. The first kappa shape index (κ1) is 10.5. The Labute approximate surface area is 78.8 Å². The highest BCUT2D eigenvalue weighted by Gasteiger charge is 2.46. The van der Waals surface area contributed by atoms with Crippen molar-refractivity contribution in [2.45, 2.75) is 39.0 Å². The van der Waals surface area contributed by atoms with E-state index in [0.717, 1.165) is 25.7 Å². The Hall–Kier alpha value is -0.570. The smallest absolute Gasteiger partial charge is 0.309 e. The highest BCUT2D eigenvalue weighted by molar-refractivity contribution is 5.75. The summed E-state index contributed by atoms with van der Waals surface area (Å²) in [6.07, 6.45) is 4.35. The summed E-state index contributed by atoms with van der Waals surface area (Å²) in [5, 5.41) is 17.7. The Bertz CT molecular complexity index is 187. The van der Waals surface area contributed by atoms with Crippen molar-refractivity contribution >= 4 is 5.97 Å². The average Bonchev–Trinajstić information content (AvgIpc) is 2.86. The van der Waals surface area contributed by atoms with Crippen molar-refractivity contribution in [2.75, 3.05) is 6.61 Å². The second-order valence-electron chi connectivity index (χ2n) is 4.18. The lowest BCUT2D eigenvalue weighted by Crippen LogP contribution is -2.29. The maximum atomic E-state index is 11.0. The number of carboxylic acids is 1. The fourth-order valence-corrected chi connectivity index (χ4v) is 1.81. The van der Waals surface area contributed by atoms with Gasteiger partial charge in [0.15, 0.2) is 0 Å². The zero-order valence-electron chi connectivity index (χ0n) is 8.12. The van der Waals surface area contributed by atoms with Crippen LogP contribution < -0.4 is 0 Å². The monoisotopic (exact) mass is 186 g/mol. The van der Waals surface area contributed by atoms with Gasteiger partial charge in [0.1, 0.15) is 0 Å². The zero-order valence-corrected chi connectivity index (χ0v) is 8.12. The minimum Gasteiger partial charge on any atom is -0.481 e. The lowest BCUT2D eigenvalue weighted by molar-refractivity contribution is -0.149. The van der Waals surface area contributed by atoms with Gasteiger partial charge in [-0.15, -0.1) is 0 Å². The number of aliphatic carboxylic acids is 1. The normalized spacial score (nSPS) is 21.1. The molecule has 0 aromatic heterocycles. The summed E-state index contributed by atoms with van der Waals surface area (Å²) < 4.78 is 0. The van der Waals surface area contributed by atoms with Gasteiger partial charge in [0.2, 0.25) is 0 Å². The Morgan fingerprint density at radius 3 is 2.46 bits per heavy atom. The van der Waals surface area contributed by atoms with Gasteiger partial charge in [0.05, 0.1) is 5.41 Å². The number of carboxylic acid groups (broad SMARTS) is 1. The van der Waals surface area contributed by atoms with Gasteiger partial charge >= 0.3 is 5.97 Å². The summed E-state index contributed by atoms with van der Waals surface area (Å²) in [5.74, 6) is -0.295. The van der Waals surface area contributed by atoms with Gasteiger partial charge < -0.3 is 10.2 Å². The Morgan fingerprint density at radius 1 is 1.46 bits per heavy atom. The summed E-state index contributed by atoms with van der Waals surface area (Å²) in [7, 11) is 0. The van der Waals surface area contributed by atoms with Gasteiger partial charge in [0.25, 0.3) is 0 Å². The molecule has 1 saturated carbocycles. The van der Waals surface area contributed by atoms with Crippen LogP contribution >= 0.6 is 0 Å². The van der Waals surface area contributed by atoms with Crippen molar-refractivity contribution in [1.29, 1.82) is 0 Å². The molecule has 0 amide bonds. The van der Waals surface area contributed by atoms with E-state index in [2.05, 4.69) is 0 Å². The van der Waals surface area contributed by atoms with Gasteiger partial charge in [0, 0.05) is 6.61 Å². The molecule has 1 unspecified atom stereocenters. The van der Waals surface area contributed by atoms with E-state index >= 15 is 0 Å². The molecule has 3 heteroatoms. The van der Waals surface area contributed by atoms with Crippen LogP contribution in [0.4, 0.5) is 0 Å². The van der Waals surface area contributed by atoms with Crippen LogP contribution in [0.5, 0.6) is 0 Å². The number of rotatable bonds is 6. The van der Waals surface area contributed by atoms with Crippen molar-refractivity contribution in [1.82, 2.24) is 0 Å². The Kier molecular flexibility index (Phi) is 3.31. The molecule has 1 rings (SSSR count). The molecule has 0 heterocycles. The SMILES string of the molecule is CC(CCCCO)(C(=O)O)C1CC1. The van der Waals surface area contributed by atoms with Crippen LogP contribution in [0.1, 0.15) is 39.0 Å². The molecule has 0 bridgehead atoms. The van der Waals surface area contributed by atoms with Gasteiger partial charge in [-0.1, -0.05) is 6.42 Å². The molecule has 0 aromatic rings. The maximum Gasteiger partial charge on any atom is 0.309 e. The number of hydrogen-bond acceptors (Lipinski definition) is 2. The topological polar surface area (TPSA) is 57.5 Å². The first-order valence-corrected chi connectivity index (χ1v) is 4.95. The van der Waals surface area contributed by atoms with Crippen molar-refractivity contribution in [3.8, 4) is 0 Å². The molecule has 0 saturated heterocycles. The molecule has 1 aliphatic rings. The van der Waals surface area contributed by atoms with E-state index in [1.165, 1.54) is 0 Å².